The Kier molecular flexibility index (Phi) is 8.54. The third-order valence-corrected chi connectivity index (χ3v) is 8.45. The van der Waals surface area contributed by atoms with Gasteiger partial charge >= 0.3 is 0 Å². The lowest BCUT2D eigenvalue weighted by molar-refractivity contribution is -0.139. The molecule has 0 bridgehead atoms. The van der Waals surface area contributed by atoms with E-state index in [1.54, 1.807) is 19.1 Å². The molecule has 0 radical (unpaired) electrons. The van der Waals surface area contributed by atoms with E-state index in [0.29, 0.717) is 5.69 Å². The van der Waals surface area contributed by atoms with Gasteiger partial charge in [-0.25, -0.2) is 8.42 Å². The van der Waals surface area contributed by atoms with Crippen LogP contribution in [0.2, 0.25) is 0 Å². The fourth-order valence-electron chi connectivity index (χ4n) is 4.83. The average Bonchev–Trinajstić information content (AvgIpc) is 3.37. The van der Waals surface area contributed by atoms with E-state index in [2.05, 4.69) is 21.2 Å². The van der Waals surface area contributed by atoms with Crippen molar-refractivity contribution >= 4 is 54.2 Å². The van der Waals surface area contributed by atoms with Crippen LogP contribution in [0.4, 0.5) is 5.69 Å². The Morgan fingerprint density at radius 2 is 1.70 bits per heavy atom. The Hall–Kier alpha value is -2.91. The Bertz CT molecular complexity index is 1380. The van der Waals surface area contributed by atoms with Crippen molar-refractivity contribution in [1.29, 1.82) is 0 Å². The van der Waals surface area contributed by atoms with Gasteiger partial charge in [0, 0.05) is 22.4 Å². The molecule has 1 saturated carbocycles. The minimum absolute atomic E-state index is 0.112. The number of sulfonamides is 1. The van der Waals surface area contributed by atoms with Crippen molar-refractivity contribution in [2.24, 2.45) is 0 Å². The lowest BCUT2D eigenvalue weighted by Crippen LogP contribution is -2.52. The highest BCUT2D eigenvalue weighted by molar-refractivity contribution is 9.10. The first-order valence-electron chi connectivity index (χ1n) is 12.4. The lowest BCUT2D eigenvalue weighted by Gasteiger charge is -2.32. The molecule has 1 N–H and O–H groups in total. The molecule has 0 heterocycles. The topological polar surface area (TPSA) is 86.8 Å². The summed E-state index contributed by atoms with van der Waals surface area (Å²) < 4.78 is 27.9. The maximum absolute atomic E-state index is 13.8. The SMILES string of the molecule is C[C@H](C(=O)NC1CCCC1)N(Cc1cccc(Br)c1)C(=O)CN(c1cccc2ccccc12)S(C)(=O)=O. The molecule has 0 aromatic heterocycles. The maximum atomic E-state index is 13.8. The molecule has 7 nitrogen and oxygen atoms in total. The second kappa shape index (κ2) is 11.6. The van der Waals surface area contributed by atoms with E-state index >= 15 is 0 Å². The van der Waals surface area contributed by atoms with E-state index < -0.39 is 28.5 Å². The molecule has 0 saturated heterocycles. The summed E-state index contributed by atoms with van der Waals surface area (Å²) in [5.74, 6) is -0.682. The quantitative estimate of drug-likeness (QED) is 0.389. The highest BCUT2D eigenvalue weighted by atomic mass is 79.9. The molecular weight excluding hydrogens is 554 g/mol. The van der Waals surface area contributed by atoms with Gasteiger partial charge < -0.3 is 10.2 Å². The summed E-state index contributed by atoms with van der Waals surface area (Å²) in [6, 6.07) is 19.7. The molecule has 1 aliphatic carbocycles. The zero-order chi connectivity index (χ0) is 26.6. The van der Waals surface area contributed by atoms with Crippen molar-refractivity contribution in [3.8, 4) is 0 Å². The standard InChI is InChI=1S/C28H32BrN3O4S/c1-20(28(34)30-24-13-4-5-14-24)31(18-21-9-7-12-23(29)17-21)27(33)19-32(37(2,35)36)26-16-8-11-22-10-3-6-15-25(22)26/h3,6-12,15-17,20,24H,4-5,13-14,18-19H2,1-2H3,(H,30,34)/t20-/m1/s1. The van der Waals surface area contributed by atoms with Crippen molar-refractivity contribution in [3.05, 3.63) is 76.8 Å². The van der Waals surface area contributed by atoms with Gasteiger partial charge in [0.25, 0.3) is 0 Å². The summed E-state index contributed by atoms with van der Waals surface area (Å²) >= 11 is 3.46. The van der Waals surface area contributed by atoms with Crippen molar-refractivity contribution in [3.63, 3.8) is 0 Å². The Labute approximate surface area is 227 Å². The van der Waals surface area contributed by atoms with Crippen LogP contribution < -0.4 is 9.62 Å². The van der Waals surface area contributed by atoms with Crippen molar-refractivity contribution < 1.29 is 18.0 Å². The Morgan fingerprint density at radius 3 is 2.41 bits per heavy atom. The van der Waals surface area contributed by atoms with Crippen LogP contribution in [0.1, 0.15) is 38.2 Å². The van der Waals surface area contributed by atoms with Gasteiger partial charge in [-0.3, -0.25) is 13.9 Å². The fourth-order valence-corrected chi connectivity index (χ4v) is 6.14. The van der Waals surface area contributed by atoms with Gasteiger partial charge in [0.2, 0.25) is 21.8 Å². The minimum Gasteiger partial charge on any atom is -0.352 e. The predicted octanol–water partition coefficient (Wildman–Crippen LogP) is 4.84. The molecule has 3 aromatic carbocycles. The predicted molar refractivity (Wildman–Crippen MR) is 151 cm³/mol. The summed E-state index contributed by atoms with van der Waals surface area (Å²) in [6.07, 6.45) is 5.11. The summed E-state index contributed by atoms with van der Waals surface area (Å²) in [5.41, 5.74) is 1.26. The van der Waals surface area contributed by atoms with Gasteiger partial charge in [0.1, 0.15) is 12.6 Å². The molecule has 37 heavy (non-hydrogen) atoms. The third-order valence-electron chi connectivity index (χ3n) is 6.83. The van der Waals surface area contributed by atoms with Crippen LogP contribution in [0.25, 0.3) is 10.8 Å². The van der Waals surface area contributed by atoms with Crippen LogP contribution in [0, 0.1) is 0 Å². The highest BCUT2D eigenvalue weighted by Crippen LogP contribution is 2.29. The minimum atomic E-state index is -3.80. The molecule has 3 aromatic rings. The monoisotopic (exact) mass is 585 g/mol. The number of amides is 2. The van der Waals surface area contributed by atoms with E-state index in [0.717, 1.165) is 57.1 Å². The maximum Gasteiger partial charge on any atom is 0.244 e. The summed E-state index contributed by atoms with van der Waals surface area (Å²) in [7, 11) is -3.80. The number of fused-ring (bicyclic) bond motifs is 1. The molecule has 9 heteroatoms. The van der Waals surface area contributed by atoms with Gasteiger partial charge in [-0.05, 0) is 48.9 Å². The number of hydrogen-bond donors (Lipinski definition) is 1. The number of benzene rings is 3. The van der Waals surface area contributed by atoms with Crippen molar-refractivity contribution in [2.45, 2.75) is 51.2 Å². The van der Waals surface area contributed by atoms with E-state index in [4.69, 9.17) is 0 Å². The summed E-state index contributed by atoms with van der Waals surface area (Å²) in [6.45, 7) is 1.45. The molecule has 4 rings (SSSR count). The van der Waals surface area contributed by atoms with Gasteiger partial charge in [0.15, 0.2) is 0 Å². The zero-order valence-electron chi connectivity index (χ0n) is 21.1. The number of rotatable bonds is 9. The first kappa shape index (κ1) is 27.1. The third kappa shape index (κ3) is 6.70. The number of carbonyl (C=O) groups is 2. The zero-order valence-corrected chi connectivity index (χ0v) is 23.5. The number of hydrogen-bond acceptors (Lipinski definition) is 4. The number of halogens is 1. The van der Waals surface area contributed by atoms with Crippen LogP contribution in [0.5, 0.6) is 0 Å². The molecule has 1 fully saturated rings. The summed E-state index contributed by atoms with van der Waals surface area (Å²) in [4.78, 5) is 28.5. The van der Waals surface area contributed by atoms with Gasteiger partial charge in [-0.2, -0.15) is 0 Å². The number of nitrogens with zero attached hydrogens (tertiary/aromatic N) is 2. The van der Waals surface area contributed by atoms with Gasteiger partial charge in [-0.15, -0.1) is 0 Å². The van der Waals surface area contributed by atoms with E-state index in [1.807, 2.05) is 54.6 Å². The molecular formula is C28H32BrN3O4S. The first-order valence-corrected chi connectivity index (χ1v) is 15.1. The molecule has 0 unspecified atom stereocenters. The second-order valence-corrected chi connectivity index (χ2v) is 12.4. The van der Waals surface area contributed by atoms with Crippen LogP contribution in [-0.4, -0.2) is 50.0 Å². The molecule has 0 spiro atoms. The van der Waals surface area contributed by atoms with Gasteiger partial charge in [-0.1, -0.05) is 77.3 Å². The Morgan fingerprint density at radius 1 is 1.03 bits per heavy atom. The molecule has 0 aliphatic heterocycles. The molecule has 1 aliphatic rings. The first-order chi connectivity index (χ1) is 17.6. The average molecular weight is 587 g/mol. The number of nitrogens with one attached hydrogen (secondary N) is 1. The van der Waals surface area contributed by atoms with Crippen molar-refractivity contribution in [1.82, 2.24) is 10.2 Å². The normalized spacial score (nSPS) is 14.9. The van der Waals surface area contributed by atoms with E-state index in [9.17, 15) is 18.0 Å². The lowest BCUT2D eigenvalue weighted by atomic mass is 10.1. The van der Waals surface area contributed by atoms with Crippen LogP contribution >= 0.6 is 15.9 Å². The number of anilines is 1. The Balaban J connectivity index is 1.66. The number of carbonyl (C=O) groups excluding carboxylic acids is 2. The molecule has 1 atom stereocenters. The van der Waals surface area contributed by atoms with Crippen molar-refractivity contribution in [2.75, 3.05) is 17.1 Å². The summed E-state index contributed by atoms with van der Waals surface area (Å²) in [5, 5.41) is 4.68. The van der Waals surface area contributed by atoms with Crippen LogP contribution in [-0.2, 0) is 26.2 Å². The second-order valence-electron chi connectivity index (χ2n) is 9.59. The molecule has 2 amide bonds. The van der Waals surface area contributed by atoms with E-state index in [-0.39, 0.29) is 18.5 Å². The highest BCUT2D eigenvalue weighted by Gasteiger charge is 2.31. The fraction of sp³-hybridized carbons (Fsp3) is 0.357. The van der Waals surface area contributed by atoms with Gasteiger partial charge in [0.05, 0.1) is 11.9 Å². The van der Waals surface area contributed by atoms with Crippen LogP contribution in [0.15, 0.2) is 71.2 Å². The molecule has 196 valence electrons. The smallest absolute Gasteiger partial charge is 0.244 e. The van der Waals surface area contributed by atoms with Crippen LogP contribution in [0.3, 0.4) is 0 Å². The van der Waals surface area contributed by atoms with E-state index in [1.165, 1.54) is 4.90 Å². The largest absolute Gasteiger partial charge is 0.352 e.